The van der Waals surface area contributed by atoms with Gasteiger partial charge in [0.25, 0.3) is 0 Å². The normalized spacial score (nSPS) is 19.9. The van der Waals surface area contributed by atoms with Crippen LogP contribution in [0.25, 0.3) is 10.9 Å². The Bertz CT molecular complexity index is 1830. The number of hydrogen-bond acceptors (Lipinski definition) is 5. The molecule has 2 heterocycles. The molecule has 0 bridgehead atoms. The summed E-state index contributed by atoms with van der Waals surface area (Å²) in [6.07, 6.45) is -1.82. The quantitative estimate of drug-likeness (QED) is 0.0966. The van der Waals surface area contributed by atoms with Crippen molar-refractivity contribution in [2.24, 2.45) is 17.8 Å². The Morgan fingerprint density at radius 2 is 1.67 bits per heavy atom. The van der Waals surface area contributed by atoms with E-state index in [0.29, 0.717) is 60.2 Å². The standard InChI is InChI=1S/C40H51F4N5O4S/c1-5-23(3)33(47-32(50)20-26-10-7-8-13-30(26)41)36(51)49-39(17-14-31-28(21-39)27-11-9-12-29(35(27)46-31)40(42,43)44)38(52)48-34(24(4)6-2)37(54)45-22-25-15-18-53-19-16-25/h7-13,23-25,33-34,46H,5-6,14-22H2,1-4H3,(H,45,54)(H,47,50)(H,48,52)(H,49,51)/t23?,24?,33-,34-,39+/m0/s1. The van der Waals surface area contributed by atoms with E-state index in [-0.39, 0.29) is 48.6 Å². The summed E-state index contributed by atoms with van der Waals surface area (Å²) in [6.45, 7) is 9.58. The molecule has 3 aromatic rings. The number of fused-ring (bicyclic) bond motifs is 3. The van der Waals surface area contributed by atoms with Crippen LogP contribution in [-0.4, -0.2) is 65.1 Å². The molecule has 2 aromatic carbocycles. The zero-order valence-corrected chi connectivity index (χ0v) is 32.1. The van der Waals surface area contributed by atoms with Crippen LogP contribution in [0.4, 0.5) is 17.6 Å². The van der Waals surface area contributed by atoms with Crippen molar-refractivity contribution >= 4 is 45.8 Å². The van der Waals surface area contributed by atoms with Gasteiger partial charge in [0, 0.05) is 37.3 Å². The minimum absolute atomic E-state index is 0.0671. The summed E-state index contributed by atoms with van der Waals surface area (Å²) in [4.78, 5) is 45.8. The average Bonchev–Trinajstić information content (AvgIpc) is 3.52. The SMILES string of the molecule is CCC(C)[C@H](NC(=O)Cc1ccccc1F)C(=O)N[C@]1(C(=O)N[C@H](C(=S)NCC2CCOCC2)C(C)CC)CCc2[nH]c3c(C(F)(F)F)cccc3c2C1. The number of hydrogen-bond donors (Lipinski definition) is 5. The number of alkyl halides is 3. The van der Waals surface area contributed by atoms with Crippen LogP contribution in [0.15, 0.2) is 42.5 Å². The molecule has 14 heteroatoms. The highest BCUT2D eigenvalue weighted by molar-refractivity contribution is 7.80. The first kappa shape index (κ1) is 41.1. The van der Waals surface area contributed by atoms with E-state index in [1.165, 1.54) is 24.3 Å². The average molecular weight is 774 g/mol. The zero-order chi connectivity index (χ0) is 39.2. The van der Waals surface area contributed by atoms with E-state index in [1.54, 1.807) is 19.1 Å². The first-order chi connectivity index (χ1) is 25.7. The summed E-state index contributed by atoms with van der Waals surface area (Å²) >= 11 is 5.86. The number of H-pyrrole nitrogens is 1. The van der Waals surface area contributed by atoms with E-state index >= 15 is 0 Å². The van der Waals surface area contributed by atoms with Crippen LogP contribution in [0.1, 0.15) is 82.2 Å². The minimum Gasteiger partial charge on any atom is -0.381 e. The molecule has 0 radical (unpaired) electrons. The molecule has 2 aliphatic rings. The molecule has 2 unspecified atom stereocenters. The van der Waals surface area contributed by atoms with Gasteiger partial charge in [0.15, 0.2) is 0 Å². The third kappa shape index (κ3) is 9.42. The molecular weight excluding hydrogens is 723 g/mol. The van der Waals surface area contributed by atoms with E-state index in [2.05, 4.69) is 26.3 Å². The van der Waals surface area contributed by atoms with Crippen LogP contribution in [0.3, 0.4) is 0 Å². The Hall–Kier alpha value is -4.04. The van der Waals surface area contributed by atoms with Gasteiger partial charge in [-0.15, -0.1) is 0 Å². The Morgan fingerprint density at radius 1 is 0.981 bits per heavy atom. The molecular formula is C40H51F4N5O4S. The first-order valence-electron chi connectivity index (χ1n) is 18.9. The number of halogens is 4. The van der Waals surface area contributed by atoms with Crippen molar-refractivity contribution in [2.75, 3.05) is 19.8 Å². The highest BCUT2D eigenvalue weighted by atomic mass is 32.1. The van der Waals surface area contributed by atoms with Gasteiger partial charge in [-0.1, -0.05) is 83.1 Å². The molecule has 1 aromatic heterocycles. The fraction of sp³-hybridized carbons (Fsp3) is 0.550. The third-order valence-corrected chi connectivity index (χ3v) is 11.6. The highest BCUT2D eigenvalue weighted by Crippen LogP contribution is 2.40. The molecule has 1 aliphatic carbocycles. The molecule has 1 aliphatic heterocycles. The third-order valence-electron chi connectivity index (χ3n) is 11.2. The minimum atomic E-state index is -4.61. The number of aryl methyl sites for hydroxylation is 1. The van der Waals surface area contributed by atoms with Gasteiger partial charge >= 0.3 is 6.18 Å². The van der Waals surface area contributed by atoms with E-state index < -0.39 is 52.9 Å². The number of benzene rings is 2. The molecule has 5 atom stereocenters. The number of para-hydroxylation sites is 1. The van der Waals surface area contributed by atoms with E-state index in [4.69, 9.17) is 17.0 Å². The van der Waals surface area contributed by atoms with Gasteiger partial charge in [-0.2, -0.15) is 13.2 Å². The molecule has 0 spiro atoms. The van der Waals surface area contributed by atoms with Gasteiger partial charge in [0.1, 0.15) is 17.4 Å². The molecule has 9 nitrogen and oxygen atoms in total. The molecule has 1 saturated heterocycles. The molecule has 294 valence electrons. The Balaban J connectivity index is 1.47. The summed E-state index contributed by atoms with van der Waals surface area (Å²) in [5.74, 6) is -2.38. The number of carbonyl (C=O) groups is 3. The van der Waals surface area contributed by atoms with Crippen LogP contribution in [0, 0.1) is 23.6 Å². The number of aromatic nitrogens is 1. The number of aromatic amines is 1. The fourth-order valence-corrected chi connectivity index (χ4v) is 7.78. The van der Waals surface area contributed by atoms with Gasteiger partial charge in [-0.3, -0.25) is 14.4 Å². The maximum absolute atomic E-state index is 14.8. The van der Waals surface area contributed by atoms with Crippen LogP contribution >= 0.6 is 12.2 Å². The lowest BCUT2D eigenvalue weighted by Crippen LogP contribution is -2.67. The summed E-state index contributed by atoms with van der Waals surface area (Å²) < 4.78 is 62.2. The Labute approximate surface area is 319 Å². The van der Waals surface area contributed by atoms with Gasteiger partial charge in [0.05, 0.1) is 28.5 Å². The van der Waals surface area contributed by atoms with Crippen molar-refractivity contribution in [3.63, 3.8) is 0 Å². The smallest absolute Gasteiger partial charge is 0.381 e. The van der Waals surface area contributed by atoms with E-state index in [1.807, 2.05) is 20.8 Å². The summed E-state index contributed by atoms with van der Waals surface area (Å²) in [5, 5.41) is 12.6. The zero-order valence-electron chi connectivity index (χ0n) is 31.3. The van der Waals surface area contributed by atoms with Gasteiger partial charge in [-0.05, 0) is 66.7 Å². The van der Waals surface area contributed by atoms with Crippen molar-refractivity contribution in [2.45, 2.75) is 103 Å². The van der Waals surface area contributed by atoms with Crippen molar-refractivity contribution in [3.05, 3.63) is 70.7 Å². The lowest BCUT2D eigenvalue weighted by molar-refractivity contribution is -0.137. The molecule has 5 rings (SSSR count). The largest absolute Gasteiger partial charge is 0.418 e. The number of amides is 3. The molecule has 5 N–H and O–H groups in total. The van der Waals surface area contributed by atoms with Gasteiger partial charge < -0.3 is 31.0 Å². The monoisotopic (exact) mass is 773 g/mol. The predicted octanol–water partition coefficient (Wildman–Crippen LogP) is 6.32. The number of carbonyl (C=O) groups excluding carboxylic acids is 3. The number of rotatable bonds is 14. The fourth-order valence-electron chi connectivity index (χ4n) is 7.41. The first-order valence-corrected chi connectivity index (χ1v) is 19.3. The second-order valence-electron chi connectivity index (χ2n) is 14.9. The van der Waals surface area contributed by atoms with Crippen LogP contribution < -0.4 is 21.3 Å². The molecule has 54 heavy (non-hydrogen) atoms. The van der Waals surface area contributed by atoms with E-state index in [0.717, 1.165) is 18.9 Å². The van der Waals surface area contributed by atoms with Crippen LogP contribution in [-0.2, 0) is 44.6 Å². The summed E-state index contributed by atoms with van der Waals surface area (Å²) in [7, 11) is 0. The Morgan fingerprint density at radius 3 is 2.33 bits per heavy atom. The second kappa shape index (κ2) is 17.6. The lowest BCUT2D eigenvalue weighted by atomic mass is 9.78. The topological polar surface area (TPSA) is 124 Å². The van der Waals surface area contributed by atoms with Crippen molar-refractivity contribution in [1.29, 1.82) is 0 Å². The number of nitrogens with one attached hydrogen (secondary N) is 5. The number of thiocarbonyl (C=S) groups is 1. The maximum Gasteiger partial charge on any atom is 0.418 e. The highest BCUT2D eigenvalue weighted by Gasteiger charge is 2.47. The van der Waals surface area contributed by atoms with E-state index in [9.17, 15) is 31.9 Å². The van der Waals surface area contributed by atoms with Crippen molar-refractivity contribution in [3.8, 4) is 0 Å². The van der Waals surface area contributed by atoms with Gasteiger partial charge in [0.2, 0.25) is 17.7 Å². The summed E-state index contributed by atoms with van der Waals surface area (Å²) in [6, 6.07) is 8.12. The molecule has 0 saturated carbocycles. The van der Waals surface area contributed by atoms with Crippen LogP contribution in [0.5, 0.6) is 0 Å². The molecule has 1 fully saturated rings. The second-order valence-corrected chi connectivity index (χ2v) is 15.3. The Kier molecular flexibility index (Phi) is 13.4. The predicted molar refractivity (Wildman–Crippen MR) is 203 cm³/mol. The van der Waals surface area contributed by atoms with Crippen molar-refractivity contribution < 1.29 is 36.7 Å². The van der Waals surface area contributed by atoms with Gasteiger partial charge in [-0.25, -0.2) is 4.39 Å². The number of ether oxygens (including phenoxy) is 1. The van der Waals surface area contributed by atoms with Crippen LogP contribution in [0.2, 0.25) is 0 Å². The lowest BCUT2D eigenvalue weighted by Gasteiger charge is -2.40. The van der Waals surface area contributed by atoms with Crippen molar-refractivity contribution in [1.82, 2.24) is 26.3 Å². The summed E-state index contributed by atoms with van der Waals surface area (Å²) in [5.41, 5.74) is -1.28. The molecule has 3 amide bonds. The maximum atomic E-state index is 14.8.